The van der Waals surface area contributed by atoms with Gasteiger partial charge in [0.1, 0.15) is 5.76 Å². The SMILES string of the molecule is Cc1ccc(/C(O)=C2\C(=O)C(=O)N(c3ccc(C(C)C)cc3)C2c2cccnc2)cc1. The number of carbonyl (C=O) groups excluding carboxylic acids is 2. The molecule has 1 unspecified atom stereocenters. The monoisotopic (exact) mass is 412 g/mol. The number of ketones is 1. The first-order valence-electron chi connectivity index (χ1n) is 10.3. The number of Topliss-reactive ketones (excluding diaryl/α,β-unsaturated/α-hetero) is 1. The molecule has 0 radical (unpaired) electrons. The van der Waals surface area contributed by atoms with Crippen molar-refractivity contribution in [3.05, 3.63) is 101 Å². The number of aromatic nitrogens is 1. The van der Waals surface area contributed by atoms with Crippen molar-refractivity contribution in [1.29, 1.82) is 0 Å². The summed E-state index contributed by atoms with van der Waals surface area (Å²) in [5, 5.41) is 11.1. The third-order valence-corrected chi connectivity index (χ3v) is 5.61. The minimum absolute atomic E-state index is 0.0646. The maximum atomic E-state index is 13.1. The zero-order valence-electron chi connectivity index (χ0n) is 17.7. The molecule has 5 nitrogen and oxygen atoms in total. The zero-order chi connectivity index (χ0) is 22.1. The van der Waals surface area contributed by atoms with E-state index >= 15 is 0 Å². The lowest BCUT2D eigenvalue weighted by atomic mass is 9.95. The number of amides is 1. The van der Waals surface area contributed by atoms with E-state index in [1.165, 1.54) is 4.90 Å². The summed E-state index contributed by atoms with van der Waals surface area (Å²) in [7, 11) is 0. The Balaban J connectivity index is 1.89. The van der Waals surface area contributed by atoms with E-state index in [1.807, 2.05) is 43.3 Å². The van der Waals surface area contributed by atoms with Crippen molar-refractivity contribution in [2.75, 3.05) is 4.90 Å². The van der Waals surface area contributed by atoms with E-state index in [0.29, 0.717) is 22.7 Å². The number of benzene rings is 2. The molecule has 1 atom stereocenters. The molecule has 4 rings (SSSR count). The van der Waals surface area contributed by atoms with Gasteiger partial charge in [-0.25, -0.2) is 0 Å². The van der Waals surface area contributed by atoms with Gasteiger partial charge < -0.3 is 5.11 Å². The molecule has 0 spiro atoms. The molecular weight excluding hydrogens is 388 g/mol. The lowest BCUT2D eigenvalue weighted by Gasteiger charge is -2.25. The summed E-state index contributed by atoms with van der Waals surface area (Å²) in [6.07, 6.45) is 3.25. The number of aliphatic hydroxyl groups is 1. The first kappa shape index (κ1) is 20.5. The third-order valence-electron chi connectivity index (χ3n) is 5.61. The molecule has 2 heterocycles. The van der Waals surface area contributed by atoms with Crippen LogP contribution in [0.4, 0.5) is 5.69 Å². The minimum atomic E-state index is -0.764. The highest BCUT2D eigenvalue weighted by Crippen LogP contribution is 2.42. The van der Waals surface area contributed by atoms with E-state index in [2.05, 4.69) is 18.8 Å². The minimum Gasteiger partial charge on any atom is -0.507 e. The summed E-state index contributed by atoms with van der Waals surface area (Å²) >= 11 is 0. The lowest BCUT2D eigenvalue weighted by Crippen LogP contribution is -2.29. The van der Waals surface area contributed by atoms with Gasteiger partial charge in [-0.05, 0) is 42.2 Å². The normalized spacial score (nSPS) is 18.1. The molecule has 1 amide bonds. The molecule has 5 heteroatoms. The van der Waals surface area contributed by atoms with Gasteiger partial charge in [-0.2, -0.15) is 0 Å². The first-order chi connectivity index (χ1) is 14.9. The van der Waals surface area contributed by atoms with Crippen molar-refractivity contribution in [2.24, 2.45) is 0 Å². The Labute approximate surface area is 181 Å². The van der Waals surface area contributed by atoms with Crippen molar-refractivity contribution in [2.45, 2.75) is 32.7 Å². The standard InChI is InChI=1S/C26H24N2O3/c1-16(2)18-10-12-21(13-11-18)28-23(20-5-4-14-27-15-20)22(25(30)26(28)31)24(29)19-8-6-17(3)7-9-19/h4-16,23,29H,1-3H3/b24-22+. The van der Waals surface area contributed by atoms with Crippen LogP contribution >= 0.6 is 0 Å². The van der Waals surface area contributed by atoms with E-state index in [9.17, 15) is 14.7 Å². The predicted octanol–water partition coefficient (Wildman–Crippen LogP) is 5.14. The molecular formula is C26H24N2O3. The van der Waals surface area contributed by atoms with Crippen molar-refractivity contribution in [3.8, 4) is 0 Å². The van der Waals surface area contributed by atoms with Crippen molar-refractivity contribution >= 4 is 23.1 Å². The predicted molar refractivity (Wildman–Crippen MR) is 121 cm³/mol. The molecule has 156 valence electrons. The second-order valence-corrected chi connectivity index (χ2v) is 8.07. The van der Waals surface area contributed by atoms with E-state index in [1.54, 1.807) is 36.7 Å². The number of anilines is 1. The van der Waals surface area contributed by atoms with Crippen LogP contribution in [0.3, 0.4) is 0 Å². The molecule has 1 saturated heterocycles. The van der Waals surface area contributed by atoms with E-state index in [4.69, 9.17) is 0 Å². The van der Waals surface area contributed by atoms with Gasteiger partial charge in [0.2, 0.25) is 0 Å². The van der Waals surface area contributed by atoms with Gasteiger partial charge in [-0.15, -0.1) is 0 Å². The average molecular weight is 412 g/mol. The summed E-state index contributed by atoms with van der Waals surface area (Å²) in [5.74, 6) is -1.21. The van der Waals surface area contributed by atoms with Gasteiger partial charge in [-0.3, -0.25) is 19.5 Å². The van der Waals surface area contributed by atoms with Crippen LogP contribution in [-0.2, 0) is 9.59 Å². The van der Waals surface area contributed by atoms with Crippen molar-refractivity contribution in [3.63, 3.8) is 0 Å². The Kier molecular flexibility index (Phi) is 5.42. The smallest absolute Gasteiger partial charge is 0.300 e. The highest BCUT2D eigenvalue weighted by molar-refractivity contribution is 6.51. The summed E-state index contributed by atoms with van der Waals surface area (Å²) < 4.78 is 0. The quantitative estimate of drug-likeness (QED) is 0.366. The van der Waals surface area contributed by atoms with Gasteiger partial charge >= 0.3 is 0 Å². The largest absolute Gasteiger partial charge is 0.507 e. The number of carbonyl (C=O) groups is 2. The lowest BCUT2D eigenvalue weighted by molar-refractivity contribution is -0.132. The van der Waals surface area contributed by atoms with E-state index in [0.717, 1.165) is 11.1 Å². The van der Waals surface area contributed by atoms with Crippen LogP contribution in [0.5, 0.6) is 0 Å². The average Bonchev–Trinajstić information content (AvgIpc) is 3.05. The molecule has 0 bridgehead atoms. The third kappa shape index (κ3) is 3.75. The van der Waals surface area contributed by atoms with Crippen LogP contribution < -0.4 is 4.90 Å². The van der Waals surface area contributed by atoms with Gasteiger partial charge in [0.25, 0.3) is 11.7 Å². The van der Waals surface area contributed by atoms with Gasteiger partial charge in [0.05, 0.1) is 11.6 Å². The van der Waals surface area contributed by atoms with Crippen molar-refractivity contribution < 1.29 is 14.7 Å². The molecule has 1 aliphatic heterocycles. The van der Waals surface area contributed by atoms with Crippen LogP contribution in [0, 0.1) is 6.92 Å². The van der Waals surface area contributed by atoms with Crippen LogP contribution in [0.1, 0.15) is 48.1 Å². The maximum absolute atomic E-state index is 13.1. The number of pyridine rings is 1. The Morgan fingerprint density at radius 2 is 1.68 bits per heavy atom. The van der Waals surface area contributed by atoms with Gasteiger partial charge in [0, 0.05) is 23.6 Å². The Morgan fingerprint density at radius 3 is 2.26 bits per heavy atom. The number of aryl methyl sites for hydroxylation is 1. The molecule has 0 aliphatic carbocycles. The summed E-state index contributed by atoms with van der Waals surface area (Å²) in [6, 6.07) is 17.6. The van der Waals surface area contributed by atoms with E-state index < -0.39 is 17.7 Å². The first-order valence-corrected chi connectivity index (χ1v) is 10.3. The Hall–Kier alpha value is -3.73. The van der Waals surface area contributed by atoms with Crippen molar-refractivity contribution in [1.82, 2.24) is 4.98 Å². The second kappa shape index (κ2) is 8.19. The number of hydrogen-bond acceptors (Lipinski definition) is 4. The Bertz CT molecular complexity index is 1150. The summed E-state index contributed by atoms with van der Waals surface area (Å²) in [4.78, 5) is 31.8. The number of hydrogen-bond donors (Lipinski definition) is 1. The summed E-state index contributed by atoms with van der Waals surface area (Å²) in [6.45, 7) is 6.14. The zero-order valence-corrected chi connectivity index (χ0v) is 17.7. The number of rotatable bonds is 4. The molecule has 3 aromatic rings. The number of nitrogens with zero attached hydrogens (tertiary/aromatic N) is 2. The fourth-order valence-electron chi connectivity index (χ4n) is 3.84. The van der Waals surface area contributed by atoms with E-state index in [-0.39, 0.29) is 11.3 Å². The molecule has 1 fully saturated rings. The molecule has 1 N–H and O–H groups in total. The molecule has 1 aliphatic rings. The number of aliphatic hydroxyl groups excluding tert-OH is 1. The van der Waals surface area contributed by atoms with Gasteiger partial charge in [-0.1, -0.05) is 61.9 Å². The highest BCUT2D eigenvalue weighted by atomic mass is 16.3. The van der Waals surface area contributed by atoms with Crippen LogP contribution in [-0.4, -0.2) is 21.8 Å². The fraction of sp³-hybridized carbons (Fsp3) is 0.192. The molecule has 1 aromatic heterocycles. The molecule has 0 saturated carbocycles. The molecule has 2 aromatic carbocycles. The second-order valence-electron chi connectivity index (χ2n) is 8.07. The molecule has 31 heavy (non-hydrogen) atoms. The maximum Gasteiger partial charge on any atom is 0.300 e. The van der Waals surface area contributed by atoms with Crippen LogP contribution in [0.15, 0.2) is 78.6 Å². The summed E-state index contributed by atoms with van der Waals surface area (Å²) in [5.41, 5.74) is 3.98. The topological polar surface area (TPSA) is 70.5 Å². The highest BCUT2D eigenvalue weighted by Gasteiger charge is 2.47. The fourth-order valence-corrected chi connectivity index (χ4v) is 3.84. The Morgan fingerprint density at radius 1 is 1.00 bits per heavy atom. The van der Waals surface area contributed by atoms with Crippen LogP contribution in [0.25, 0.3) is 5.76 Å². The van der Waals surface area contributed by atoms with Crippen LogP contribution in [0.2, 0.25) is 0 Å². The van der Waals surface area contributed by atoms with Gasteiger partial charge in [0.15, 0.2) is 0 Å².